The second-order valence-corrected chi connectivity index (χ2v) is 7.52. The first-order valence-corrected chi connectivity index (χ1v) is 9.07. The molecule has 2 unspecified atom stereocenters. The van der Waals surface area contributed by atoms with Crippen LogP contribution in [0.4, 0.5) is 5.95 Å². The number of imidazole rings is 1. The second kappa shape index (κ2) is 6.33. The van der Waals surface area contributed by atoms with Crippen LogP contribution in [0.5, 0.6) is 0 Å². The van der Waals surface area contributed by atoms with E-state index in [0.29, 0.717) is 17.9 Å². The summed E-state index contributed by atoms with van der Waals surface area (Å²) in [4.78, 5) is 21.3. The van der Waals surface area contributed by atoms with Crippen molar-refractivity contribution in [1.82, 2.24) is 14.5 Å². The molecular formula is C19H26N4O2. The lowest BCUT2D eigenvalue weighted by Crippen LogP contribution is -2.35. The number of hydrogen-bond acceptors (Lipinski definition) is 4. The van der Waals surface area contributed by atoms with Crippen molar-refractivity contribution < 1.29 is 9.53 Å². The first kappa shape index (κ1) is 16.4. The van der Waals surface area contributed by atoms with E-state index in [-0.39, 0.29) is 12.5 Å². The zero-order valence-electron chi connectivity index (χ0n) is 15.2. The first-order chi connectivity index (χ1) is 12.1. The molecule has 25 heavy (non-hydrogen) atoms. The van der Waals surface area contributed by atoms with Gasteiger partial charge in [-0.05, 0) is 26.0 Å². The number of fused-ring (bicyclic) bond motifs is 2. The molecule has 3 heterocycles. The van der Waals surface area contributed by atoms with Gasteiger partial charge in [-0.2, -0.15) is 0 Å². The number of para-hydroxylation sites is 2. The van der Waals surface area contributed by atoms with Crippen molar-refractivity contribution in [2.45, 2.75) is 19.9 Å². The lowest BCUT2D eigenvalue weighted by Gasteiger charge is -2.24. The number of carbonyl (C=O) groups excluding carboxylic acids is 1. The predicted octanol–water partition coefficient (Wildman–Crippen LogP) is 2.16. The molecule has 1 amide bonds. The molecule has 0 aliphatic carbocycles. The second-order valence-electron chi connectivity index (χ2n) is 7.52. The van der Waals surface area contributed by atoms with Crippen molar-refractivity contribution in [3.05, 3.63) is 24.3 Å². The Hall–Kier alpha value is -2.08. The van der Waals surface area contributed by atoms with Gasteiger partial charge < -0.3 is 19.1 Å². The molecule has 2 fully saturated rings. The van der Waals surface area contributed by atoms with Crippen LogP contribution in [0.15, 0.2) is 24.3 Å². The Morgan fingerprint density at radius 1 is 1.20 bits per heavy atom. The third-order valence-corrected chi connectivity index (χ3v) is 5.48. The SMILES string of the molecule is COCC(=O)N1CC2CN(c3nc4ccccc4n3C(C)C)CC2C1. The van der Waals surface area contributed by atoms with Crippen LogP contribution >= 0.6 is 0 Å². The van der Waals surface area contributed by atoms with E-state index in [4.69, 9.17) is 9.72 Å². The fourth-order valence-corrected chi connectivity index (χ4v) is 4.34. The number of ether oxygens (including phenoxy) is 1. The summed E-state index contributed by atoms with van der Waals surface area (Å²) in [5.74, 6) is 2.24. The minimum Gasteiger partial charge on any atom is -0.375 e. The van der Waals surface area contributed by atoms with Crippen molar-refractivity contribution in [3.8, 4) is 0 Å². The van der Waals surface area contributed by atoms with E-state index < -0.39 is 0 Å². The standard InChI is InChI=1S/C19H26N4O2/c1-13(2)23-17-7-5-4-6-16(17)20-19(23)22-10-14-8-21(9-15(14)11-22)18(24)12-25-3/h4-7,13-15H,8-12H2,1-3H3. The maximum Gasteiger partial charge on any atom is 0.248 e. The Kier molecular flexibility index (Phi) is 4.15. The maximum absolute atomic E-state index is 12.1. The van der Waals surface area contributed by atoms with Crippen molar-refractivity contribution in [1.29, 1.82) is 0 Å². The average molecular weight is 342 g/mol. The minimum atomic E-state index is 0.109. The summed E-state index contributed by atoms with van der Waals surface area (Å²) in [5.41, 5.74) is 2.25. The molecule has 0 spiro atoms. The van der Waals surface area contributed by atoms with Gasteiger partial charge in [0.15, 0.2) is 0 Å². The summed E-state index contributed by atoms with van der Waals surface area (Å²) in [7, 11) is 1.58. The molecule has 134 valence electrons. The number of benzene rings is 1. The molecule has 1 aromatic heterocycles. The van der Waals surface area contributed by atoms with Gasteiger partial charge in [-0.15, -0.1) is 0 Å². The fourth-order valence-electron chi connectivity index (χ4n) is 4.34. The summed E-state index contributed by atoms with van der Waals surface area (Å²) < 4.78 is 7.33. The van der Waals surface area contributed by atoms with E-state index in [1.165, 1.54) is 5.52 Å². The predicted molar refractivity (Wildman–Crippen MR) is 97.8 cm³/mol. The first-order valence-electron chi connectivity index (χ1n) is 9.07. The molecule has 0 saturated carbocycles. The molecule has 4 rings (SSSR count). The highest BCUT2D eigenvalue weighted by atomic mass is 16.5. The van der Waals surface area contributed by atoms with Crippen LogP contribution in [0.2, 0.25) is 0 Å². The van der Waals surface area contributed by atoms with E-state index in [1.54, 1.807) is 7.11 Å². The Morgan fingerprint density at radius 3 is 2.52 bits per heavy atom. The third kappa shape index (κ3) is 2.78. The quantitative estimate of drug-likeness (QED) is 0.854. The number of rotatable bonds is 4. The summed E-state index contributed by atoms with van der Waals surface area (Å²) in [6.45, 7) is 8.22. The van der Waals surface area contributed by atoms with E-state index >= 15 is 0 Å². The Morgan fingerprint density at radius 2 is 1.88 bits per heavy atom. The molecule has 2 aliphatic rings. The van der Waals surface area contributed by atoms with Crippen LogP contribution in [0.1, 0.15) is 19.9 Å². The lowest BCUT2D eigenvalue weighted by atomic mass is 10.0. The molecule has 1 aromatic carbocycles. The summed E-state index contributed by atoms with van der Waals surface area (Å²) in [6, 6.07) is 8.71. The highest BCUT2D eigenvalue weighted by molar-refractivity contribution is 5.79. The molecule has 6 heteroatoms. The Balaban J connectivity index is 1.55. The largest absolute Gasteiger partial charge is 0.375 e. The number of hydrogen-bond donors (Lipinski definition) is 0. The van der Waals surface area contributed by atoms with Crippen LogP contribution in [0.25, 0.3) is 11.0 Å². The van der Waals surface area contributed by atoms with Crippen LogP contribution in [0, 0.1) is 11.8 Å². The molecule has 0 N–H and O–H groups in total. The fraction of sp³-hybridized carbons (Fsp3) is 0.579. The van der Waals surface area contributed by atoms with Crippen molar-refractivity contribution in [2.24, 2.45) is 11.8 Å². The highest BCUT2D eigenvalue weighted by Crippen LogP contribution is 2.36. The maximum atomic E-state index is 12.1. The van der Waals surface area contributed by atoms with Gasteiger partial charge in [0.05, 0.1) is 11.0 Å². The van der Waals surface area contributed by atoms with Crippen LogP contribution in [0.3, 0.4) is 0 Å². The van der Waals surface area contributed by atoms with Gasteiger partial charge in [0, 0.05) is 51.2 Å². The van der Waals surface area contributed by atoms with Gasteiger partial charge in [-0.25, -0.2) is 4.98 Å². The Labute approximate surface area is 148 Å². The summed E-state index contributed by atoms with van der Waals surface area (Å²) in [6.07, 6.45) is 0. The van der Waals surface area contributed by atoms with Crippen LogP contribution in [-0.4, -0.2) is 60.3 Å². The lowest BCUT2D eigenvalue weighted by molar-refractivity contribution is -0.134. The molecule has 2 aromatic rings. The van der Waals surface area contributed by atoms with Crippen molar-refractivity contribution in [2.75, 3.05) is 44.8 Å². The minimum absolute atomic E-state index is 0.109. The summed E-state index contributed by atoms with van der Waals surface area (Å²) >= 11 is 0. The van der Waals surface area contributed by atoms with Crippen molar-refractivity contribution in [3.63, 3.8) is 0 Å². The number of likely N-dealkylation sites (tertiary alicyclic amines) is 1. The molecule has 2 saturated heterocycles. The number of nitrogens with zero attached hydrogens (tertiary/aromatic N) is 4. The van der Waals surface area contributed by atoms with E-state index in [0.717, 1.165) is 37.6 Å². The average Bonchev–Trinajstić information content (AvgIpc) is 3.24. The van der Waals surface area contributed by atoms with Crippen LogP contribution in [-0.2, 0) is 9.53 Å². The van der Waals surface area contributed by atoms with E-state index in [9.17, 15) is 4.79 Å². The van der Waals surface area contributed by atoms with E-state index in [1.807, 2.05) is 11.0 Å². The number of amides is 1. The number of carbonyl (C=O) groups is 1. The zero-order valence-corrected chi connectivity index (χ0v) is 15.2. The number of aromatic nitrogens is 2. The van der Waals surface area contributed by atoms with Gasteiger partial charge >= 0.3 is 0 Å². The highest BCUT2D eigenvalue weighted by Gasteiger charge is 2.42. The molecular weight excluding hydrogens is 316 g/mol. The van der Waals surface area contributed by atoms with Gasteiger partial charge in [0.2, 0.25) is 11.9 Å². The van der Waals surface area contributed by atoms with E-state index in [2.05, 4.69) is 41.5 Å². The molecule has 0 bridgehead atoms. The topological polar surface area (TPSA) is 50.6 Å². The van der Waals surface area contributed by atoms with Gasteiger partial charge in [-0.1, -0.05) is 12.1 Å². The molecule has 0 radical (unpaired) electrons. The van der Waals surface area contributed by atoms with Crippen LogP contribution < -0.4 is 4.90 Å². The smallest absolute Gasteiger partial charge is 0.248 e. The molecule has 6 nitrogen and oxygen atoms in total. The number of anilines is 1. The van der Waals surface area contributed by atoms with Crippen molar-refractivity contribution >= 4 is 22.9 Å². The third-order valence-electron chi connectivity index (χ3n) is 5.48. The normalized spacial score (nSPS) is 23.0. The molecule has 2 atom stereocenters. The van der Waals surface area contributed by atoms with Gasteiger partial charge in [0.1, 0.15) is 6.61 Å². The number of methoxy groups -OCH3 is 1. The van der Waals surface area contributed by atoms with Gasteiger partial charge in [-0.3, -0.25) is 4.79 Å². The summed E-state index contributed by atoms with van der Waals surface area (Å²) in [5, 5.41) is 0. The monoisotopic (exact) mass is 342 g/mol. The molecule has 2 aliphatic heterocycles. The Bertz CT molecular complexity index is 771. The zero-order chi connectivity index (χ0) is 17.6. The van der Waals surface area contributed by atoms with Gasteiger partial charge in [0.25, 0.3) is 0 Å².